The van der Waals surface area contributed by atoms with Crippen molar-refractivity contribution in [3.05, 3.63) is 17.2 Å². The van der Waals surface area contributed by atoms with Crippen LogP contribution < -0.4 is 20.1 Å². The molecular weight excluding hydrogens is 332 g/mol. The summed E-state index contributed by atoms with van der Waals surface area (Å²) in [5, 5.41) is 5.94. The molecule has 0 heterocycles. The lowest BCUT2D eigenvalue weighted by Crippen LogP contribution is -2.32. The Morgan fingerprint density at radius 1 is 1.17 bits per heavy atom. The predicted molar refractivity (Wildman–Crippen MR) is 92.8 cm³/mol. The molecule has 2 amide bonds. The van der Waals surface area contributed by atoms with Gasteiger partial charge in [-0.2, -0.15) is 0 Å². The number of methoxy groups -OCH3 is 2. The smallest absolute Gasteiger partial charge is 0.226 e. The van der Waals surface area contributed by atoms with Crippen LogP contribution in [0.2, 0.25) is 5.02 Å². The molecule has 1 aliphatic rings. The highest BCUT2D eigenvalue weighted by Crippen LogP contribution is 2.35. The molecule has 1 fully saturated rings. The number of hydrogen-bond donors (Lipinski definition) is 2. The number of ether oxygens (including phenoxy) is 2. The molecule has 0 unspecified atom stereocenters. The van der Waals surface area contributed by atoms with Crippen molar-refractivity contribution in [2.75, 3.05) is 26.1 Å². The van der Waals surface area contributed by atoms with Crippen LogP contribution in [0.25, 0.3) is 0 Å². The number of carbonyl (C=O) groups excluding carboxylic acids is 2. The molecule has 1 aromatic rings. The fourth-order valence-corrected chi connectivity index (χ4v) is 3.04. The summed E-state index contributed by atoms with van der Waals surface area (Å²) in [5.41, 5.74) is 0.468. The van der Waals surface area contributed by atoms with E-state index in [9.17, 15) is 9.59 Å². The van der Waals surface area contributed by atoms with Gasteiger partial charge in [0, 0.05) is 24.9 Å². The summed E-state index contributed by atoms with van der Waals surface area (Å²) < 4.78 is 10.3. The normalized spacial score (nSPS) is 14.3. The molecule has 0 aliphatic heterocycles. The molecule has 2 rings (SSSR count). The van der Waals surface area contributed by atoms with Gasteiger partial charge >= 0.3 is 0 Å². The van der Waals surface area contributed by atoms with Crippen LogP contribution in [0.1, 0.15) is 32.1 Å². The standard InChI is InChI=1S/C17H23ClN2O4/c1-23-14-10-15(24-2)13(9-12(14)18)20-16(21)7-8-19-17(22)11-5-3-4-6-11/h9-11H,3-8H2,1-2H3,(H,19,22)(H,20,21). The summed E-state index contributed by atoms with van der Waals surface area (Å²) in [4.78, 5) is 24.0. The van der Waals surface area contributed by atoms with Crippen molar-refractivity contribution in [2.24, 2.45) is 5.92 Å². The van der Waals surface area contributed by atoms with Crippen LogP contribution in [-0.4, -0.2) is 32.6 Å². The molecule has 0 bridgehead atoms. The maximum atomic E-state index is 12.1. The molecule has 7 heteroatoms. The van der Waals surface area contributed by atoms with Gasteiger partial charge in [-0.15, -0.1) is 0 Å². The minimum absolute atomic E-state index is 0.0466. The summed E-state index contributed by atoms with van der Waals surface area (Å²) in [7, 11) is 3.01. The van der Waals surface area contributed by atoms with Crippen LogP contribution in [-0.2, 0) is 9.59 Å². The third kappa shape index (κ3) is 4.77. The first-order valence-corrected chi connectivity index (χ1v) is 8.42. The Kier molecular flexibility index (Phi) is 6.73. The van der Waals surface area contributed by atoms with Crippen LogP contribution in [0, 0.1) is 5.92 Å². The van der Waals surface area contributed by atoms with Crippen molar-refractivity contribution in [1.29, 1.82) is 0 Å². The van der Waals surface area contributed by atoms with Crippen LogP contribution in [0.3, 0.4) is 0 Å². The van der Waals surface area contributed by atoms with E-state index in [4.69, 9.17) is 21.1 Å². The number of rotatable bonds is 7. The molecule has 0 aromatic heterocycles. The van der Waals surface area contributed by atoms with E-state index in [1.54, 1.807) is 12.1 Å². The van der Waals surface area contributed by atoms with Gasteiger partial charge in [0.15, 0.2) is 0 Å². The average molecular weight is 355 g/mol. The van der Waals surface area contributed by atoms with Crippen LogP contribution >= 0.6 is 11.6 Å². The van der Waals surface area contributed by atoms with Crippen LogP contribution in [0.15, 0.2) is 12.1 Å². The molecule has 0 radical (unpaired) electrons. The van der Waals surface area contributed by atoms with Crippen LogP contribution in [0.4, 0.5) is 5.69 Å². The minimum Gasteiger partial charge on any atom is -0.495 e. The van der Waals surface area contributed by atoms with Gasteiger partial charge < -0.3 is 20.1 Å². The van der Waals surface area contributed by atoms with Crippen molar-refractivity contribution in [2.45, 2.75) is 32.1 Å². The highest BCUT2D eigenvalue weighted by Gasteiger charge is 2.22. The Bertz CT molecular complexity index is 600. The minimum atomic E-state index is -0.221. The number of anilines is 1. The molecule has 1 aromatic carbocycles. The number of nitrogens with one attached hydrogen (secondary N) is 2. The molecule has 0 spiro atoms. The summed E-state index contributed by atoms with van der Waals surface area (Å²) in [5.74, 6) is 0.857. The van der Waals surface area contributed by atoms with Gasteiger partial charge in [-0.1, -0.05) is 24.4 Å². The van der Waals surface area contributed by atoms with Crippen LogP contribution in [0.5, 0.6) is 11.5 Å². The second-order valence-corrected chi connectivity index (χ2v) is 6.16. The Balaban J connectivity index is 1.85. The molecular formula is C17H23ClN2O4. The summed E-state index contributed by atoms with van der Waals surface area (Å²) in [6, 6.07) is 3.19. The summed E-state index contributed by atoms with van der Waals surface area (Å²) in [6.07, 6.45) is 4.29. The Morgan fingerprint density at radius 2 is 1.83 bits per heavy atom. The first kappa shape index (κ1) is 18.4. The van der Waals surface area contributed by atoms with Crippen molar-refractivity contribution >= 4 is 29.1 Å². The molecule has 24 heavy (non-hydrogen) atoms. The Hall–Kier alpha value is -1.95. The SMILES string of the molecule is COc1cc(OC)c(NC(=O)CCNC(=O)C2CCCC2)cc1Cl. The summed E-state index contributed by atoms with van der Waals surface area (Å²) in [6.45, 7) is 0.313. The summed E-state index contributed by atoms with van der Waals surface area (Å²) >= 11 is 6.07. The zero-order valence-corrected chi connectivity index (χ0v) is 14.7. The van der Waals surface area contributed by atoms with Crippen molar-refractivity contribution in [3.63, 3.8) is 0 Å². The van der Waals surface area contributed by atoms with E-state index in [2.05, 4.69) is 10.6 Å². The highest BCUT2D eigenvalue weighted by molar-refractivity contribution is 6.32. The topological polar surface area (TPSA) is 76.7 Å². The lowest BCUT2D eigenvalue weighted by Gasteiger charge is -2.14. The van der Waals surface area contributed by atoms with E-state index in [-0.39, 0.29) is 24.2 Å². The molecule has 6 nitrogen and oxygen atoms in total. The number of hydrogen-bond acceptors (Lipinski definition) is 4. The first-order valence-electron chi connectivity index (χ1n) is 8.04. The third-order valence-corrected chi connectivity index (χ3v) is 4.42. The number of halogens is 1. The van der Waals surface area contributed by atoms with E-state index in [0.29, 0.717) is 28.8 Å². The first-order chi connectivity index (χ1) is 11.5. The number of amides is 2. The largest absolute Gasteiger partial charge is 0.495 e. The molecule has 0 saturated heterocycles. The lowest BCUT2D eigenvalue weighted by atomic mass is 10.1. The highest BCUT2D eigenvalue weighted by atomic mass is 35.5. The van der Waals surface area contributed by atoms with Gasteiger partial charge in [0.2, 0.25) is 11.8 Å². The Labute approximate surface area is 146 Å². The van der Waals surface area contributed by atoms with Crippen molar-refractivity contribution in [1.82, 2.24) is 5.32 Å². The van der Waals surface area contributed by atoms with E-state index in [1.165, 1.54) is 14.2 Å². The maximum absolute atomic E-state index is 12.1. The van der Waals surface area contributed by atoms with E-state index < -0.39 is 0 Å². The Morgan fingerprint density at radius 3 is 2.46 bits per heavy atom. The zero-order chi connectivity index (χ0) is 17.5. The fraction of sp³-hybridized carbons (Fsp3) is 0.529. The van der Waals surface area contributed by atoms with E-state index in [0.717, 1.165) is 25.7 Å². The van der Waals surface area contributed by atoms with Crippen molar-refractivity contribution in [3.8, 4) is 11.5 Å². The lowest BCUT2D eigenvalue weighted by molar-refractivity contribution is -0.124. The van der Waals surface area contributed by atoms with Gasteiger partial charge in [-0.3, -0.25) is 9.59 Å². The second-order valence-electron chi connectivity index (χ2n) is 5.76. The van der Waals surface area contributed by atoms with Gasteiger partial charge in [-0.25, -0.2) is 0 Å². The molecule has 132 valence electrons. The monoisotopic (exact) mass is 354 g/mol. The third-order valence-electron chi connectivity index (χ3n) is 4.13. The number of carbonyl (C=O) groups is 2. The van der Waals surface area contributed by atoms with Gasteiger partial charge in [-0.05, 0) is 18.9 Å². The number of benzene rings is 1. The molecule has 1 aliphatic carbocycles. The van der Waals surface area contributed by atoms with Gasteiger partial charge in [0.1, 0.15) is 11.5 Å². The van der Waals surface area contributed by atoms with Crippen molar-refractivity contribution < 1.29 is 19.1 Å². The molecule has 0 atom stereocenters. The van der Waals surface area contributed by atoms with Gasteiger partial charge in [0.05, 0.1) is 24.9 Å². The second kappa shape index (κ2) is 8.78. The quantitative estimate of drug-likeness (QED) is 0.789. The van der Waals surface area contributed by atoms with E-state index in [1.807, 2.05) is 0 Å². The van der Waals surface area contributed by atoms with E-state index >= 15 is 0 Å². The fourth-order valence-electron chi connectivity index (χ4n) is 2.80. The zero-order valence-electron chi connectivity index (χ0n) is 14.0. The average Bonchev–Trinajstić information content (AvgIpc) is 3.09. The molecule has 2 N–H and O–H groups in total. The maximum Gasteiger partial charge on any atom is 0.226 e. The predicted octanol–water partition coefficient (Wildman–Crippen LogP) is 2.99. The van der Waals surface area contributed by atoms with Gasteiger partial charge in [0.25, 0.3) is 0 Å². The molecule has 1 saturated carbocycles.